The van der Waals surface area contributed by atoms with Gasteiger partial charge in [0.15, 0.2) is 17.6 Å². The van der Waals surface area contributed by atoms with E-state index >= 15 is 0 Å². The van der Waals surface area contributed by atoms with Crippen LogP contribution < -0.4 is 14.9 Å². The third-order valence-corrected chi connectivity index (χ3v) is 6.14. The molecule has 0 saturated carbocycles. The van der Waals surface area contributed by atoms with Crippen LogP contribution in [0.25, 0.3) is 10.8 Å². The third-order valence-electron chi connectivity index (χ3n) is 5.34. The first-order valence-corrected chi connectivity index (χ1v) is 12.3. The van der Waals surface area contributed by atoms with Gasteiger partial charge < -0.3 is 14.6 Å². The molecule has 0 aliphatic heterocycles. The molecule has 0 fully saturated rings. The molecule has 7 heteroatoms. The van der Waals surface area contributed by atoms with E-state index in [1.807, 2.05) is 43.3 Å². The fourth-order valence-corrected chi connectivity index (χ4v) is 4.43. The quantitative estimate of drug-likeness (QED) is 0.153. The topological polar surface area (TPSA) is 80.2 Å². The zero-order valence-electron chi connectivity index (χ0n) is 19.1. The average Bonchev–Trinajstić information content (AvgIpc) is 2.88. The SMILES string of the molecule is CCOc1cc(/C=N\NC(=O)[C@H](O)c2ccccc2)cc(I)c1OCc1cccc2ccccc12. The van der Waals surface area contributed by atoms with Gasteiger partial charge in [0.05, 0.1) is 16.4 Å². The average molecular weight is 580 g/mol. The predicted molar refractivity (Wildman–Crippen MR) is 146 cm³/mol. The highest BCUT2D eigenvalue weighted by atomic mass is 127. The van der Waals surface area contributed by atoms with Crippen LogP contribution in [-0.4, -0.2) is 23.8 Å². The lowest BCUT2D eigenvalue weighted by atomic mass is 10.1. The molecule has 0 aliphatic rings. The summed E-state index contributed by atoms with van der Waals surface area (Å²) in [5.74, 6) is 0.639. The minimum atomic E-state index is -1.29. The maximum Gasteiger partial charge on any atom is 0.273 e. The van der Waals surface area contributed by atoms with Crippen LogP contribution in [0.2, 0.25) is 0 Å². The highest BCUT2D eigenvalue weighted by Crippen LogP contribution is 2.35. The van der Waals surface area contributed by atoms with Crippen LogP contribution >= 0.6 is 22.6 Å². The Morgan fingerprint density at radius 1 is 1.03 bits per heavy atom. The molecule has 1 atom stereocenters. The monoisotopic (exact) mass is 580 g/mol. The molecule has 4 aromatic carbocycles. The molecule has 0 bridgehead atoms. The molecule has 0 radical (unpaired) electrons. The van der Waals surface area contributed by atoms with Gasteiger partial charge in [0.1, 0.15) is 6.61 Å². The van der Waals surface area contributed by atoms with Crippen molar-refractivity contribution in [1.82, 2.24) is 5.43 Å². The molecule has 6 nitrogen and oxygen atoms in total. The second-order valence-corrected chi connectivity index (χ2v) is 8.90. The van der Waals surface area contributed by atoms with Gasteiger partial charge in [-0.3, -0.25) is 4.79 Å². The molecule has 0 spiro atoms. The second kappa shape index (κ2) is 11.8. The first-order chi connectivity index (χ1) is 17.1. The number of aliphatic hydroxyl groups excluding tert-OH is 1. The zero-order valence-corrected chi connectivity index (χ0v) is 21.3. The van der Waals surface area contributed by atoms with Gasteiger partial charge in [0, 0.05) is 0 Å². The van der Waals surface area contributed by atoms with Gasteiger partial charge in [-0.05, 0) is 69.1 Å². The zero-order chi connectivity index (χ0) is 24.6. The number of amides is 1. The summed E-state index contributed by atoms with van der Waals surface area (Å²) >= 11 is 2.20. The first-order valence-electron chi connectivity index (χ1n) is 11.2. The number of aliphatic hydroxyl groups is 1. The Hall–Kier alpha value is -3.43. The molecule has 4 rings (SSSR count). The van der Waals surface area contributed by atoms with Crippen molar-refractivity contribution in [3.8, 4) is 11.5 Å². The number of benzene rings is 4. The van der Waals surface area contributed by atoms with Crippen molar-refractivity contribution in [2.75, 3.05) is 6.61 Å². The molecule has 0 aromatic heterocycles. The van der Waals surface area contributed by atoms with E-state index < -0.39 is 12.0 Å². The van der Waals surface area contributed by atoms with E-state index in [4.69, 9.17) is 9.47 Å². The lowest BCUT2D eigenvalue weighted by molar-refractivity contribution is -0.129. The fourth-order valence-electron chi connectivity index (χ4n) is 3.65. The van der Waals surface area contributed by atoms with E-state index in [0.717, 1.165) is 20.1 Å². The number of carbonyl (C=O) groups is 1. The molecule has 0 aliphatic carbocycles. The van der Waals surface area contributed by atoms with Crippen LogP contribution in [0.4, 0.5) is 0 Å². The van der Waals surface area contributed by atoms with Gasteiger partial charge in [-0.2, -0.15) is 5.10 Å². The van der Waals surface area contributed by atoms with Gasteiger partial charge >= 0.3 is 0 Å². The number of hydrazone groups is 1. The number of carbonyl (C=O) groups excluding carboxylic acids is 1. The summed E-state index contributed by atoms with van der Waals surface area (Å²) in [5.41, 5.74) is 4.70. The van der Waals surface area contributed by atoms with Crippen molar-refractivity contribution in [3.05, 3.63) is 105 Å². The number of hydrogen-bond donors (Lipinski definition) is 2. The molecule has 0 saturated heterocycles. The van der Waals surface area contributed by atoms with Crippen molar-refractivity contribution in [2.45, 2.75) is 19.6 Å². The standard InChI is InChI=1S/C28H25IN2O4/c1-2-34-25-16-19(17-30-31-28(33)26(32)21-10-4-3-5-11-21)15-24(29)27(25)35-18-22-13-8-12-20-9-6-7-14-23(20)22/h3-17,26,32H,2,18H2,1H3,(H,31,33)/b30-17-/t26-/m1/s1. The van der Waals surface area contributed by atoms with E-state index in [1.165, 1.54) is 11.6 Å². The molecule has 178 valence electrons. The Bertz CT molecular complexity index is 1340. The summed E-state index contributed by atoms with van der Waals surface area (Å²) in [7, 11) is 0. The normalized spacial score (nSPS) is 12.0. The number of ether oxygens (including phenoxy) is 2. The fraction of sp³-hybridized carbons (Fsp3) is 0.143. The molecule has 1 amide bonds. The van der Waals surface area contributed by atoms with Crippen LogP contribution in [0.3, 0.4) is 0 Å². The predicted octanol–water partition coefficient (Wildman–Crippen LogP) is 5.61. The van der Waals surface area contributed by atoms with Crippen molar-refractivity contribution in [1.29, 1.82) is 0 Å². The van der Waals surface area contributed by atoms with E-state index in [0.29, 0.717) is 30.3 Å². The Labute approximate surface area is 217 Å². The minimum Gasteiger partial charge on any atom is -0.490 e. The van der Waals surface area contributed by atoms with Crippen molar-refractivity contribution >= 4 is 45.5 Å². The summed E-state index contributed by atoms with van der Waals surface area (Å²) in [5, 5.41) is 16.5. The Morgan fingerprint density at radius 2 is 1.77 bits per heavy atom. The van der Waals surface area contributed by atoms with Gasteiger partial charge in [-0.25, -0.2) is 5.43 Å². The largest absolute Gasteiger partial charge is 0.490 e. The van der Waals surface area contributed by atoms with Crippen molar-refractivity contribution in [2.24, 2.45) is 5.10 Å². The summed E-state index contributed by atoms with van der Waals surface area (Å²) in [6.45, 7) is 2.78. The van der Waals surface area contributed by atoms with Gasteiger partial charge in [-0.15, -0.1) is 0 Å². The van der Waals surface area contributed by atoms with E-state index in [-0.39, 0.29) is 0 Å². The lowest BCUT2D eigenvalue weighted by Gasteiger charge is -2.15. The number of nitrogens with zero attached hydrogens (tertiary/aromatic N) is 1. The number of nitrogens with one attached hydrogen (secondary N) is 1. The molecular formula is C28H25IN2O4. The first kappa shape index (κ1) is 24.7. The number of halogens is 1. The molecule has 0 heterocycles. The van der Waals surface area contributed by atoms with Gasteiger partial charge in [0.2, 0.25) is 0 Å². The number of hydrogen-bond acceptors (Lipinski definition) is 5. The summed E-state index contributed by atoms with van der Waals surface area (Å²) < 4.78 is 12.9. The molecule has 35 heavy (non-hydrogen) atoms. The smallest absolute Gasteiger partial charge is 0.273 e. The number of fused-ring (bicyclic) bond motifs is 1. The third kappa shape index (κ3) is 6.17. The Morgan fingerprint density at radius 3 is 2.57 bits per heavy atom. The molecule has 0 unspecified atom stereocenters. The molecule has 4 aromatic rings. The van der Waals surface area contributed by atoms with Crippen LogP contribution in [0, 0.1) is 3.57 Å². The summed E-state index contributed by atoms with van der Waals surface area (Å²) in [6, 6.07) is 26.8. The molecular weight excluding hydrogens is 555 g/mol. The Kier molecular flexibility index (Phi) is 8.33. The van der Waals surface area contributed by atoms with E-state index in [1.54, 1.807) is 24.3 Å². The Balaban J connectivity index is 1.48. The number of rotatable bonds is 9. The lowest BCUT2D eigenvalue weighted by Crippen LogP contribution is -2.25. The van der Waals surface area contributed by atoms with Crippen LogP contribution in [0.5, 0.6) is 11.5 Å². The molecule has 2 N–H and O–H groups in total. The van der Waals surface area contributed by atoms with Crippen molar-refractivity contribution < 1.29 is 19.4 Å². The highest BCUT2D eigenvalue weighted by Gasteiger charge is 2.16. The highest BCUT2D eigenvalue weighted by molar-refractivity contribution is 14.1. The van der Waals surface area contributed by atoms with Crippen molar-refractivity contribution in [3.63, 3.8) is 0 Å². The summed E-state index contributed by atoms with van der Waals surface area (Å²) in [6.07, 6.45) is 0.215. The van der Waals surface area contributed by atoms with Gasteiger partial charge in [-0.1, -0.05) is 72.8 Å². The van der Waals surface area contributed by atoms with Crippen LogP contribution in [0.1, 0.15) is 29.7 Å². The maximum atomic E-state index is 12.2. The van der Waals surface area contributed by atoms with E-state index in [9.17, 15) is 9.90 Å². The van der Waals surface area contributed by atoms with Gasteiger partial charge in [0.25, 0.3) is 5.91 Å². The minimum absolute atomic E-state index is 0.401. The second-order valence-electron chi connectivity index (χ2n) is 7.74. The maximum absolute atomic E-state index is 12.2. The van der Waals surface area contributed by atoms with E-state index in [2.05, 4.69) is 57.4 Å². The van der Waals surface area contributed by atoms with Crippen LogP contribution in [0.15, 0.2) is 90.0 Å². The van der Waals surface area contributed by atoms with Crippen LogP contribution in [-0.2, 0) is 11.4 Å². The summed E-state index contributed by atoms with van der Waals surface area (Å²) in [4.78, 5) is 12.2.